The quantitative estimate of drug-likeness (QED) is 0.234. The number of ether oxygens (including phenoxy) is 1. The van der Waals surface area contributed by atoms with Gasteiger partial charge in [-0.05, 0) is 48.7 Å². The molecule has 0 radical (unpaired) electrons. The largest absolute Gasteiger partial charge is 0.496 e. The highest BCUT2D eigenvalue weighted by Gasteiger charge is 2.27. The van der Waals surface area contributed by atoms with Crippen LogP contribution in [0, 0.1) is 13.8 Å². The highest BCUT2D eigenvalue weighted by atomic mass is 16.5. The average Bonchev–Trinajstić information content (AvgIpc) is 2.83. The molecule has 0 aliphatic carbocycles. The fraction of sp³-hybridized carbons (Fsp3) is 0.167. The summed E-state index contributed by atoms with van der Waals surface area (Å²) in [7, 11) is 5.93. The molecule has 164 valence electrons. The van der Waals surface area contributed by atoms with Crippen LogP contribution in [-0.2, 0) is 0 Å². The number of pyridine rings is 1. The number of nitrogens with zero attached hydrogens (tertiary/aromatic N) is 2. The lowest BCUT2D eigenvalue weighted by Crippen LogP contribution is -2.33. The zero-order chi connectivity index (χ0) is 23.1. The van der Waals surface area contributed by atoms with Crippen LogP contribution in [0.3, 0.4) is 0 Å². The zero-order valence-corrected chi connectivity index (χ0v) is 19.9. The number of aromatic nitrogens is 1. The Bertz CT molecular complexity index is 1470. The van der Waals surface area contributed by atoms with Crippen molar-refractivity contribution in [2.75, 3.05) is 26.1 Å². The molecule has 0 spiro atoms. The first-order valence-electron chi connectivity index (χ1n) is 11.3. The molecule has 1 heterocycles. The van der Waals surface area contributed by atoms with Crippen molar-refractivity contribution in [2.45, 2.75) is 13.8 Å². The van der Waals surface area contributed by atoms with Gasteiger partial charge in [0.2, 0.25) is 16.7 Å². The molecule has 0 atom stereocenters. The maximum Gasteiger partial charge on any atom is 0.223 e. The summed E-state index contributed by atoms with van der Waals surface area (Å²) in [6.45, 7) is 4.39. The molecule has 0 amide bonds. The Morgan fingerprint density at radius 2 is 1.39 bits per heavy atom. The monoisotopic (exact) mass is 433 g/mol. The van der Waals surface area contributed by atoms with Crippen molar-refractivity contribution in [3.05, 3.63) is 96.1 Å². The number of benzene rings is 4. The smallest absolute Gasteiger partial charge is 0.223 e. The summed E-state index contributed by atoms with van der Waals surface area (Å²) in [5.41, 5.74) is 9.62. The topological polar surface area (TPSA) is 16.4 Å². The van der Waals surface area contributed by atoms with E-state index in [9.17, 15) is 0 Å². The van der Waals surface area contributed by atoms with E-state index in [1.165, 1.54) is 38.8 Å². The van der Waals surface area contributed by atoms with Gasteiger partial charge in [-0.1, -0.05) is 42.5 Å². The van der Waals surface area contributed by atoms with Gasteiger partial charge in [0.05, 0.1) is 17.9 Å². The van der Waals surface area contributed by atoms with Crippen molar-refractivity contribution >= 4 is 27.5 Å². The molecule has 3 heteroatoms. The van der Waals surface area contributed by atoms with Crippen LogP contribution >= 0.6 is 0 Å². The predicted octanol–water partition coefficient (Wildman–Crippen LogP) is 6.63. The number of hydrogen-bond acceptors (Lipinski definition) is 2. The van der Waals surface area contributed by atoms with Gasteiger partial charge < -0.3 is 9.64 Å². The Morgan fingerprint density at radius 1 is 0.697 bits per heavy atom. The molecule has 0 saturated heterocycles. The molecule has 33 heavy (non-hydrogen) atoms. The van der Waals surface area contributed by atoms with E-state index >= 15 is 0 Å². The van der Waals surface area contributed by atoms with Crippen LogP contribution in [-0.4, -0.2) is 21.2 Å². The van der Waals surface area contributed by atoms with Crippen molar-refractivity contribution in [3.63, 3.8) is 0 Å². The van der Waals surface area contributed by atoms with Crippen molar-refractivity contribution in [3.8, 4) is 22.6 Å². The number of para-hydroxylation sites is 1. The van der Waals surface area contributed by atoms with E-state index in [4.69, 9.17) is 4.74 Å². The van der Waals surface area contributed by atoms with E-state index in [1.807, 2.05) is 0 Å². The number of aryl methyl sites for hydroxylation is 2. The third-order valence-corrected chi connectivity index (χ3v) is 6.47. The van der Waals surface area contributed by atoms with E-state index in [-0.39, 0.29) is 0 Å². The minimum Gasteiger partial charge on any atom is -0.496 e. The second kappa shape index (κ2) is 8.25. The number of anilines is 1. The van der Waals surface area contributed by atoms with Gasteiger partial charge in [-0.3, -0.25) is 0 Å². The summed E-state index contributed by atoms with van der Waals surface area (Å²) in [5, 5.41) is 2.34. The Kier molecular flexibility index (Phi) is 5.26. The molecule has 5 aromatic rings. The van der Waals surface area contributed by atoms with E-state index in [2.05, 4.69) is 122 Å². The molecule has 4 aromatic carbocycles. The lowest BCUT2D eigenvalue weighted by molar-refractivity contribution is -0.537. The predicted molar refractivity (Wildman–Crippen MR) is 139 cm³/mol. The minimum absolute atomic E-state index is 0.883. The lowest BCUT2D eigenvalue weighted by atomic mass is 9.89. The summed E-state index contributed by atoms with van der Waals surface area (Å²) < 4.78 is 8.31. The van der Waals surface area contributed by atoms with Gasteiger partial charge >= 0.3 is 0 Å². The standard InChI is InChI=1S/C30H29N2O/c1-20-11-9-12-21(2)28(20)29-24-18-17-23(31(3)4)19-26(24)32(22-13-7-6-8-14-22)25-15-10-16-27(33-5)30(25)29/h6-19H,1-5H3/q+1. The normalized spacial score (nSPS) is 11.2. The van der Waals surface area contributed by atoms with Gasteiger partial charge in [0.1, 0.15) is 5.75 Å². The van der Waals surface area contributed by atoms with Crippen LogP contribution in [0.15, 0.2) is 84.9 Å². The number of methoxy groups -OCH3 is 1. The van der Waals surface area contributed by atoms with E-state index < -0.39 is 0 Å². The van der Waals surface area contributed by atoms with Gasteiger partial charge in [0.15, 0.2) is 0 Å². The van der Waals surface area contributed by atoms with Crippen LogP contribution < -0.4 is 14.2 Å². The molecule has 0 aliphatic heterocycles. The zero-order valence-electron chi connectivity index (χ0n) is 19.9. The third kappa shape index (κ3) is 3.41. The first kappa shape index (κ1) is 21.0. The summed E-state index contributed by atoms with van der Waals surface area (Å²) >= 11 is 0. The Balaban J connectivity index is 2.09. The second-order valence-corrected chi connectivity index (χ2v) is 8.76. The van der Waals surface area contributed by atoms with Crippen molar-refractivity contribution in [1.82, 2.24) is 0 Å². The van der Waals surface area contributed by atoms with Gasteiger partial charge in [-0.15, -0.1) is 0 Å². The molecular weight excluding hydrogens is 404 g/mol. The van der Waals surface area contributed by atoms with Gasteiger partial charge in [0, 0.05) is 49.6 Å². The Hall–Kier alpha value is -3.85. The number of fused-ring (bicyclic) bond motifs is 2. The molecule has 0 saturated carbocycles. The minimum atomic E-state index is 0.883. The SMILES string of the molecule is COc1cccc2c1c(-c1c(C)cccc1C)c1ccc(N(C)C)cc1[n+]2-c1ccccc1. The second-order valence-electron chi connectivity index (χ2n) is 8.76. The first-order valence-corrected chi connectivity index (χ1v) is 11.3. The summed E-state index contributed by atoms with van der Waals surface area (Å²) in [4.78, 5) is 2.16. The maximum atomic E-state index is 5.95. The van der Waals surface area contributed by atoms with Crippen LogP contribution in [0.5, 0.6) is 5.75 Å². The molecule has 0 bridgehead atoms. The third-order valence-electron chi connectivity index (χ3n) is 6.47. The summed E-state index contributed by atoms with van der Waals surface area (Å²) in [5.74, 6) is 0.883. The van der Waals surface area contributed by atoms with Crippen molar-refractivity contribution in [1.29, 1.82) is 0 Å². The molecular formula is C30H29N2O+. The van der Waals surface area contributed by atoms with Crippen molar-refractivity contribution in [2.24, 2.45) is 0 Å². The molecule has 3 nitrogen and oxygen atoms in total. The van der Waals surface area contributed by atoms with Gasteiger partial charge in [-0.25, -0.2) is 0 Å². The fourth-order valence-corrected chi connectivity index (χ4v) is 4.91. The first-order chi connectivity index (χ1) is 16.0. The van der Waals surface area contributed by atoms with E-state index in [0.29, 0.717) is 0 Å². The summed E-state index contributed by atoms with van der Waals surface area (Å²) in [6.07, 6.45) is 0. The molecule has 0 N–H and O–H groups in total. The Labute approximate surface area is 195 Å². The molecule has 0 fully saturated rings. The van der Waals surface area contributed by atoms with Crippen molar-refractivity contribution < 1.29 is 9.30 Å². The molecule has 1 aromatic heterocycles. The highest BCUT2D eigenvalue weighted by Crippen LogP contribution is 2.42. The number of hydrogen-bond donors (Lipinski definition) is 0. The van der Waals surface area contributed by atoms with Gasteiger partial charge in [-0.2, -0.15) is 4.57 Å². The van der Waals surface area contributed by atoms with Crippen LogP contribution in [0.4, 0.5) is 5.69 Å². The van der Waals surface area contributed by atoms with Crippen LogP contribution in [0.2, 0.25) is 0 Å². The maximum absolute atomic E-state index is 5.95. The lowest BCUT2D eigenvalue weighted by Gasteiger charge is -2.19. The number of rotatable bonds is 4. The highest BCUT2D eigenvalue weighted by molar-refractivity contribution is 6.11. The summed E-state index contributed by atoms with van der Waals surface area (Å²) in [6, 6.07) is 30.2. The van der Waals surface area contributed by atoms with E-state index in [0.717, 1.165) is 22.3 Å². The van der Waals surface area contributed by atoms with Crippen LogP contribution in [0.1, 0.15) is 11.1 Å². The Morgan fingerprint density at radius 3 is 2.06 bits per heavy atom. The van der Waals surface area contributed by atoms with Crippen LogP contribution in [0.25, 0.3) is 38.6 Å². The van der Waals surface area contributed by atoms with E-state index in [1.54, 1.807) is 7.11 Å². The van der Waals surface area contributed by atoms with Gasteiger partial charge in [0.25, 0.3) is 0 Å². The fourth-order valence-electron chi connectivity index (χ4n) is 4.91. The molecule has 5 rings (SSSR count). The average molecular weight is 434 g/mol. The molecule has 0 aliphatic rings. The molecule has 0 unspecified atom stereocenters.